The van der Waals surface area contributed by atoms with E-state index in [1.807, 2.05) is 42.3 Å². The lowest BCUT2D eigenvalue weighted by Crippen LogP contribution is -2.30. The second-order valence-electron chi connectivity index (χ2n) is 6.22. The minimum atomic E-state index is -0.468. The number of anilines is 1. The van der Waals surface area contributed by atoms with Crippen LogP contribution in [0, 0.1) is 6.92 Å². The molecule has 1 amide bonds. The van der Waals surface area contributed by atoms with Gasteiger partial charge in [0, 0.05) is 38.1 Å². The highest BCUT2D eigenvalue weighted by Crippen LogP contribution is 2.18. The van der Waals surface area contributed by atoms with Gasteiger partial charge in [-0.2, -0.15) is 0 Å². The summed E-state index contributed by atoms with van der Waals surface area (Å²) in [6, 6.07) is 13.8. The second-order valence-corrected chi connectivity index (χ2v) is 6.22. The Morgan fingerprint density at radius 3 is 2.67 bits per heavy atom. The monoisotopic (exact) mass is 363 g/mol. The molecule has 138 valence electrons. The fourth-order valence-corrected chi connectivity index (χ4v) is 2.76. The number of hydrogen-bond acceptors (Lipinski definition) is 5. The largest absolute Gasteiger partial charge is 0.355 e. The zero-order valence-electron chi connectivity index (χ0n) is 15.3. The molecule has 0 saturated carbocycles. The van der Waals surface area contributed by atoms with Crippen LogP contribution in [0.15, 0.2) is 59.7 Å². The van der Waals surface area contributed by atoms with Crippen LogP contribution in [0.3, 0.4) is 0 Å². The van der Waals surface area contributed by atoms with E-state index in [-0.39, 0.29) is 12.1 Å². The molecule has 3 aromatic rings. The fourth-order valence-electron chi connectivity index (χ4n) is 2.76. The van der Waals surface area contributed by atoms with Gasteiger partial charge in [-0.15, -0.1) is 0 Å². The van der Waals surface area contributed by atoms with Gasteiger partial charge < -0.3 is 15.2 Å². The Balaban J connectivity index is 1.72. The molecule has 0 atom stereocenters. The third-order valence-corrected chi connectivity index (χ3v) is 4.10. The van der Waals surface area contributed by atoms with Crippen molar-refractivity contribution in [2.24, 2.45) is 0 Å². The van der Waals surface area contributed by atoms with Gasteiger partial charge in [0.1, 0.15) is 17.2 Å². The van der Waals surface area contributed by atoms with Crippen LogP contribution in [0.25, 0.3) is 0 Å². The number of aromatic amines is 1. The molecule has 7 heteroatoms. The molecule has 1 aromatic carbocycles. The minimum absolute atomic E-state index is 0.0105. The number of H-pyrrole nitrogens is 1. The quantitative estimate of drug-likeness (QED) is 0.699. The van der Waals surface area contributed by atoms with Crippen LogP contribution >= 0.6 is 0 Å². The Hall–Kier alpha value is -3.48. The molecule has 7 nitrogen and oxygen atoms in total. The van der Waals surface area contributed by atoms with Crippen LogP contribution in [0.5, 0.6) is 0 Å². The lowest BCUT2D eigenvalue weighted by molar-refractivity contribution is 0.0949. The Morgan fingerprint density at radius 1 is 1.15 bits per heavy atom. The number of amides is 1. The third kappa shape index (κ3) is 4.58. The summed E-state index contributed by atoms with van der Waals surface area (Å²) in [6.45, 7) is 2.61. The van der Waals surface area contributed by atoms with Gasteiger partial charge in [-0.25, -0.2) is 9.97 Å². The van der Waals surface area contributed by atoms with Crippen molar-refractivity contribution >= 4 is 11.7 Å². The van der Waals surface area contributed by atoms with Crippen LogP contribution < -0.4 is 15.8 Å². The molecule has 0 aliphatic rings. The van der Waals surface area contributed by atoms with E-state index < -0.39 is 11.5 Å². The van der Waals surface area contributed by atoms with Gasteiger partial charge in [0.25, 0.3) is 11.5 Å². The van der Waals surface area contributed by atoms with Crippen LogP contribution in [-0.4, -0.2) is 27.9 Å². The maximum Gasteiger partial charge on any atom is 0.263 e. The van der Waals surface area contributed by atoms with Crippen molar-refractivity contribution in [3.8, 4) is 0 Å². The van der Waals surface area contributed by atoms with Crippen molar-refractivity contribution in [1.29, 1.82) is 0 Å². The highest BCUT2D eigenvalue weighted by molar-refractivity contribution is 5.93. The second kappa shape index (κ2) is 8.27. The van der Waals surface area contributed by atoms with E-state index in [0.717, 1.165) is 16.9 Å². The summed E-state index contributed by atoms with van der Waals surface area (Å²) >= 11 is 0. The smallest absolute Gasteiger partial charge is 0.263 e. The standard InChI is InChI=1S/C20H21N5O2/c1-14-22-12-17(20(27)24-14)19(26)23-11-16-9-6-10-21-18(16)25(2)13-15-7-4-3-5-8-15/h3-10,12H,11,13H2,1-2H3,(H,23,26)(H,22,24,27). The Morgan fingerprint density at radius 2 is 1.93 bits per heavy atom. The first-order valence-electron chi connectivity index (χ1n) is 8.57. The van der Waals surface area contributed by atoms with Gasteiger partial charge in [0.15, 0.2) is 0 Å². The molecule has 0 bridgehead atoms. The average Bonchev–Trinajstić information content (AvgIpc) is 2.67. The molecule has 2 heterocycles. The molecule has 0 unspecified atom stereocenters. The topological polar surface area (TPSA) is 91.0 Å². The number of nitrogens with one attached hydrogen (secondary N) is 2. The number of carbonyl (C=O) groups excluding carboxylic acids is 1. The molecule has 3 rings (SSSR count). The van der Waals surface area contributed by atoms with Gasteiger partial charge in [-0.1, -0.05) is 36.4 Å². The van der Waals surface area contributed by atoms with E-state index in [1.165, 1.54) is 6.20 Å². The number of hydrogen-bond donors (Lipinski definition) is 2. The van der Waals surface area contributed by atoms with Gasteiger partial charge in [-0.3, -0.25) is 9.59 Å². The number of benzene rings is 1. The molecule has 0 spiro atoms. The number of nitrogens with zero attached hydrogens (tertiary/aromatic N) is 3. The molecular formula is C20H21N5O2. The lowest BCUT2D eigenvalue weighted by atomic mass is 10.2. The fraction of sp³-hybridized carbons (Fsp3) is 0.200. The predicted molar refractivity (Wildman–Crippen MR) is 104 cm³/mol. The van der Waals surface area contributed by atoms with Crippen molar-refractivity contribution in [3.05, 3.63) is 87.7 Å². The lowest BCUT2D eigenvalue weighted by Gasteiger charge is -2.21. The van der Waals surface area contributed by atoms with E-state index in [2.05, 4.69) is 32.4 Å². The SMILES string of the molecule is Cc1ncc(C(=O)NCc2cccnc2N(C)Cc2ccccc2)c(=O)[nH]1. The minimum Gasteiger partial charge on any atom is -0.355 e. The summed E-state index contributed by atoms with van der Waals surface area (Å²) in [5, 5.41) is 2.77. The van der Waals surface area contributed by atoms with Gasteiger partial charge >= 0.3 is 0 Å². The van der Waals surface area contributed by atoms with Gasteiger partial charge in [0.05, 0.1) is 0 Å². The van der Waals surface area contributed by atoms with Crippen molar-refractivity contribution in [2.75, 3.05) is 11.9 Å². The summed E-state index contributed by atoms with van der Waals surface area (Å²) < 4.78 is 0. The molecule has 0 aliphatic heterocycles. The van der Waals surface area contributed by atoms with Crippen molar-refractivity contribution < 1.29 is 4.79 Å². The maximum absolute atomic E-state index is 12.3. The van der Waals surface area contributed by atoms with Crippen molar-refractivity contribution in [2.45, 2.75) is 20.0 Å². The Bertz CT molecular complexity index is 985. The van der Waals surface area contributed by atoms with E-state index in [0.29, 0.717) is 12.4 Å². The zero-order chi connectivity index (χ0) is 19.2. The first kappa shape index (κ1) is 18.3. The zero-order valence-corrected chi connectivity index (χ0v) is 15.3. The Labute approximate surface area is 157 Å². The molecule has 27 heavy (non-hydrogen) atoms. The number of rotatable bonds is 6. The van der Waals surface area contributed by atoms with E-state index >= 15 is 0 Å². The van der Waals surface area contributed by atoms with Crippen LogP contribution in [0.2, 0.25) is 0 Å². The first-order valence-corrected chi connectivity index (χ1v) is 8.57. The summed E-state index contributed by atoms with van der Waals surface area (Å²) in [5.41, 5.74) is 1.56. The number of pyridine rings is 1. The maximum atomic E-state index is 12.3. The first-order chi connectivity index (χ1) is 13.0. The molecule has 0 aliphatic carbocycles. The number of aryl methyl sites for hydroxylation is 1. The van der Waals surface area contributed by atoms with Crippen molar-refractivity contribution in [1.82, 2.24) is 20.3 Å². The van der Waals surface area contributed by atoms with Crippen LogP contribution in [0.4, 0.5) is 5.82 Å². The summed E-state index contributed by atoms with van der Waals surface area (Å²) in [7, 11) is 1.95. The molecule has 0 radical (unpaired) electrons. The summed E-state index contributed by atoms with van der Waals surface area (Å²) in [6.07, 6.45) is 3.01. The molecule has 0 saturated heterocycles. The van der Waals surface area contributed by atoms with E-state index in [9.17, 15) is 9.59 Å². The Kier molecular flexibility index (Phi) is 5.61. The molecule has 2 N–H and O–H groups in total. The highest BCUT2D eigenvalue weighted by Gasteiger charge is 2.14. The van der Waals surface area contributed by atoms with Crippen molar-refractivity contribution in [3.63, 3.8) is 0 Å². The van der Waals surface area contributed by atoms with Crippen LogP contribution in [0.1, 0.15) is 27.3 Å². The normalized spacial score (nSPS) is 10.4. The number of carbonyl (C=O) groups is 1. The van der Waals surface area contributed by atoms with Gasteiger partial charge in [-0.05, 0) is 18.6 Å². The summed E-state index contributed by atoms with van der Waals surface area (Å²) in [5.74, 6) is 0.774. The molecule has 0 fully saturated rings. The molecule has 2 aromatic heterocycles. The van der Waals surface area contributed by atoms with Crippen LogP contribution in [-0.2, 0) is 13.1 Å². The van der Waals surface area contributed by atoms with E-state index in [1.54, 1.807) is 13.1 Å². The van der Waals surface area contributed by atoms with Gasteiger partial charge in [0.2, 0.25) is 0 Å². The molecular weight excluding hydrogens is 342 g/mol. The number of aromatic nitrogens is 3. The average molecular weight is 363 g/mol. The van der Waals surface area contributed by atoms with E-state index in [4.69, 9.17) is 0 Å². The third-order valence-electron chi connectivity index (χ3n) is 4.10. The predicted octanol–water partition coefficient (Wildman–Crippen LogP) is 2.04. The highest BCUT2D eigenvalue weighted by atomic mass is 16.2. The summed E-state index contributed by atoms with van der Waals surface area (Å²) in [4.78, 5) is 37.2.